The summed E-state index contributed by atoms with van der Waals surface area (Å²) in [7, 11) is 7.52. The van der Waals surface area contributed by atoms with Crippen molar-refractivity contribution in [2.24, 2.45) is 5.41 Å². The van der Waals surface area contributed by atoms with Crippen LogP contribution in [0.2, 0.25) is 0 Å². The highest BCUT2D eigenvalue weighted by atomic mass is 16.5. The average molecular weight is 1150 g/mol. The van der Waals surface area contributed by atoms with Gasteiger partial charge in [0.1, 0.15) is 48.7 Å². The second-order valence-electron chi connectivity index (χ2n) is 22.9. The molecule has 3 aliphatic rings. The van der Waals surface area contributed by atoms with Crippen molar-refractivity contribution < 1.29 is 71.6 Å². The number of methoxy groups -OCH3 is 2. The normalized spacial score (nSPS) is 23.8. The molecule has 6 atom stereocenters. The summed E-state index contributed by atoms with van der Waals surface area (Å²) in [5.41, 5.74) is -0.492. The number of ketones is 1. The number of piperidine rings is 1. The number of aryl methyl sites for hydroxylation is 1. The lowest BCUT2D eigenvalue weighted by molar-refractivity contribution is -0.165. The van der Waals surface area contributed by atoms with Gasteiger partial charge in [-0.2, -0.15) is 0 Å². The number of hydrogen-bond donors (Lipinski definition) is 1. The van der Waals surface area contributed by atoms with Crippen LogP contribution in [0.3, 0.4) is 0 Å². The highest BCUT2D eigenvalue weighted by Crippen LogP contribution is 2.33. The van der Waals surface area contributed by atoms with E-state index in [2.05, 4.69) is 5.32 Å². The highest BCUT2D eigenvalue weighted by molar-refractivity contribution is 6.38. The molecule has 1 N–H and O–H groups in total. The van der Waals surface area contributed by atoms with Gasteiger partial charge in [0, 0.05) is 46.9 Å². The fraction of sp³-hybridized carbons (Fsp3) is 0.532. The van der Waals surface area contributed by atoms with E-state index in [4.69, 9.17) is 28.4 Å². The predicted octanol–water partition coefficient (Wildman–Crippen LogP) is 5.58. The van der Waals surface area contributed by atoms with Crippen LogP contribution < -0.4 is 19.5 Å². The molecule has 0 radical (unpaired) electrons. The summed E-state index contributed by atoms with van der Waals surface area (Å²) >= 11 is 0. The molecule has 3 aromatic rings. The number of Topliss-reactive ketones (excluding diaryl/α,β-unsaturated/α-hetero) is 1. The minimum atomic E-state index is -1.49. The quantitative estimate of drug-likeness (QED) is 0.214. The lowest BCUT2D eigenvalue weighted by atomic mass is 9.87. The summed E-state index contributed by atoms with van der Waals surface area (Å²) in [4.78, 5) is 134. The zero-order valence-corrected chi connectivity index (χ0v) is 49.8. The van der Waals surface area contributed by atoms with Crippen molar-refractivity contribution >= 4 is 53.2 Å². The molecule has 3 aliphatic heterocycles. The smallest absolute Gasteiger partial charge is 0.330 e. The number of carbonyl (C=O) groups excluding carboxylic acids is 9. The van der Waals surface area contributed by atoms with Crippen molar-refractivity contribution in [3.05, 3.63) is 102 Å². The molecule has 6 rings (SSSR count). The van der Waals surface area contributed by atoms with Gasteiger partial charge in [0.25, 0.3) is 11.8 Å². The van der Waals surface area contributed by atoms with Gasteiger partial charge in [-0.3, -0.25) is 33.6 Å². The van der Waals surface area contributed by atoms with Crippen molar-refractivity contribution in [1.29, 1.82) is 0 Å². The topological polar surface area (TPSA) is 237 Å². The fourth-order valence-electron chi connectivity index (χ4n) is 10.0. The van der Waals surface area contributed by atoms with Crippen LogP contribution in [-0.2, 0) is 63.8 Å². The third-order valence-corrected chi connectivity index (χ3v) is 15.3. The lowest BCUT2D eigenvalue weighted by Crippen LogP contribution is -2.58. The summed E-state index contributed by atoms with van der Waals surface area (Å²) in [6, 6.07) is 14.9. The third-order valence-electron chi connectivity index (χ3n) is 15.3. The van der Waals surface area contributed by atoms with E-state index >= 15 is 0 Å². The van der Waals surface area contributed by atoms with Gasteiger partial charge in [-0.15, -0.1) is 0 Å². The van der Waals surface area contributed by atoms with Crippen LogP contribution >= 0.6 is 0 Å². The molecule has 83 heavy (non-hydrogen) atoms. The molecule has 2 bridgehead atoms. The molecule has 21 nitrogen and oxygen atoms in total. The number of benzene rings is 3. The first-order valence-corrected chi connectivity index (χ1v) is 28.3. The van der Waals surface area contributed by atoms with E-state index < -0.39 is 108 Å². The Bertz CT molecular complexity index is 2850. The number of ether oxygens (including phenoxy) is 6. The molecular weight excluding hydrogens is 1070 g/mol. The molecule has 2 fully saturated rings. The SMILES string of the molecule is COc1ccc(CC[C@H]2OC(=O)[C@@H]3CCCCN3C(=O)C(=O)C(C)(C)COC(=O)C=CCCN(C)C(=O)[C@H]3CCCN3C(=O)[C@H](COC(C)(C)C)N(C)C(=O)C(c3ccccc3)NC(=O)[C@H](C)N(C)C(=O)COc3cccc2c3)cc1OC. The van der Waals surface area contributed by atoms with Crippen molar-refractivity contribution in [3.63, 3.8) is 0 Å². The zero-order valence-electron chi connectivity index (χ0n) is 49.8. The second-order valence-corrected chi connectivity index (χ2v) is 22.9. The number of amides is 6. The number of nitrogens with zero attached hydrogens (tertiary/aromatic N) is 5. The molecule has 0 aliphatic carbocycles. The van der Waals surface area contributed by atoms with Crippen molar-refractivity contribution in [1.82, 2.24) is 29.8 Å². The summed E-state index contributed by atoms with van der Waals surface area (Å²) in [5, 5.41) is 2.83. The maximum Gasteiger partial charge on any atom is 0.330 e. The lowest BCUT2D eigenvalue weighted by Gasteiger charge is -2.37. The van der Waals surface area contributed by atoms with Gasteiger partial charge < -0.3 is 58.2 Å². The molecular formula is C62H82N6O15. The highest BCUT2D eigenvalue weighted by Gasteiger charge is 2.44. The van der Waals surface area contributed by atoms with Crippen molar-refractivity contribution in [2.45, 2.75) is 135 Å². The number of nitrogens with one attached hydrogen (secondary N) is 1. The van der Waals surface area contributed by atoms with E-state index in [1.807, 2.05) is 32.9 Å². The van der Waals surface area contributed by atoms with Crippen LogP contribution in [-0.4, -0.2) is 182 Å². The number of esters is 2. The number of rotatable bonds is 8. The van der Waals surface area contributed by atoms with Gasteiger partial charge in [0.15, 0.2) is 18.1 Å². The van der Waals surface area contributed by atoms with Crippen LogP contribution in [0.1, 0.15) is 115 Å². The number of fused-ring (bicyclic) bond motifs is 4. The summed E-state index contributed by atoms with van der Waals surface area (Å²) in [6.07, 6.45) is 4.79. The molecule has 2 saturated heterocycles. The van der Waals surface area contributed by atoms with Crippen LogP contribution in [0, 0.1) is 5.41 Å². The molecule has 21 heteroatoms. The van der Waals surface area contributed by atoms with Crippen molar-refractivity contribution in [2.75, 3.05) is 74.8 Å². The Balaban J connectivity index is 1.32. The molecule has 0 saturated carbocycles. The Morgan fingerprint density at radius 1 is 0.711 bits per heavy atom. The Morgan fingerprint density at radius 2 is 1.40 bits per heavy atom. The van der Waals surface area contributed by atoms with E-state index in [0.29, 0.717) is 54.7 Å². The first kappa shape index (κ1) is 64.4. The summed E-state index contributed by atoms with van der Waals surface area (Å²) in [5.74, 6) is -4.84. The molecule has 6 amide bonds. The second kappa shape index (κ2) is 28.9. The van der Waals surface area contributed by atoms with Crippen LogP contribution in [0.5, 0.6) is 17.2 Å². The summed E-state index contributed by atoms with van der Waals surface area (Å²) < 4.78 is 35.0. The first-order valence-electron chi connectivity index (χ1n) is 28.3. The van der Waals surface area contributed by atoms with Gasteiger partial charge in [0.05, 0.1) is 31.8 Å². The molecule has 450 valence electrons. The van der Waals surface area contributed by atoms with Gasteiger partial charge in [-0.05, 0) is 134 Å². The van der Waals surface area contributed by atoms with Gasteiger partial charge in [-0.25, -0.2) is 9.59 Å². The minimum absolute atomic E-state index is 0.105. The predicted molar refractivity (Wildman–Crippen MR) is 306 cm³/mol. The molecule has 0 aromatic heterocycles. The average Bonchev–Trinajstić information content (AvgIpc) is 4.25. The van der Waals surface area contributed by atoms with E-state index in [9.17, 15) is 43.2 Å². The van der Waals surface area contributed by atoms with Crippen LogP contribution in [0.25, 0.3) is 0 Å². The Morgan fingerprint density at radius 3 is 2.10 bits per heavy atom. The van der Waals surface area contributed by atoms with Gasteiger partial charge in [0.2, 0.25) is 29.4 Å². The molecule has 3 heterocycles. The third kappa shape index (κ3) is 16.9. The number of carbonyl (C=O) groups is 9. The Labute approximate surface area is 486 Å². The zero-order chi connectivity index (χ0) is 60.8. The van der Waals surface area contributed by atoms with Gasteiger partial charge in [-0.1, -0.05) is 54.6 Å². The van der Waals surface area contributed by atoms with E-state index in [1.165, 1.54) is 85.7 Å². The summed E-state index contributed by atoms with van der Waals surface area (Å²) in [6.45, 7) is 9.17. The maximum atomic E-state index is 14.9. The number of likely N-dealkylation sites (N-methyl/N-ethyl adjacent to an activating group) is 3. The number of cyclic esters (lactones) is 2. The van der Waals surface area contributed by atoms with Gasteiger partial charge >= 0.3 is 11.9 Å². The van der Waals surface area contributed by atoms with E-state index in [0.717, 1.165) is 5.56 Å². The van der Waals surface area contributed by atoms with Crippen LogP contribution in [0.15, 0.2) is 84.9 Å². The standard InChI is InChI=1S/C62H82N6O15/c1-40-55(72)63-53(42-21-13-12-14-22-42)58(75)66(9)47(37-82-61(2,3)4)57(74)67-34-20-26-45(67)56(73)64(7)32-17-16-27-52(70)81-39-62(5,6)54(71)59(76)68-33-18-15-25-46(68)60(77)83-48(30-28-41-29-31-49(78-10)50(35-41)79-11)43-23-19-24-44(36-43)80-38-51(69)65(40)8/h12-14,16,19,21-24,27,29,31,35-36,40,45-48,53H,15,17-18,20,25-26,28,30,32-34,37-39H2,1-11H3,(H,63,72)/t40-,45+,46-,47-,48+,53?/m0/s1. The molecule has 1 unspecified atom stereocenters. The fourth-order valence-corrected chi connectivity index (χ4v) is 10.0. The molecule has 0 spiro atoms. The van der Waals surface area contributed by atoms with Crippen LogP contribution in [0.4, 0.5) is 0 Å². The maximum absolute atomic E-state index is 14.9. The minimum Gasteiger partial charge on any atom is -0.493 e. The monoisotopic (exact) mass is 1150 g/mol. The first-order chi connectivity index (χ1) is 39.3. The molecule has 3 aromatic carbocycles. The Kier molecular flexibility index (Phi) is 22.4. The van der Waals surface area contributed by atoms with E-state index in [-0.39, 0.29) is 57.2 Å². The largest absolute Gasteiger partial charge is 0.493 e. The number of hydrogen-bond acceptors (Lipinski definition) is 15. The van der Waals surface area contributed by atoms with Crippen molar-refractivity contribution in [3.8, 4) is 17.2 Å². The Hall–Kier alpha value is -7.81. The van der Waals surface area contributed by atoms with E-state index in [1.54, 1.807) is 67.7 Å².